The number of alkyl halides is 1. The highest BCUT2D eigenvalue weighted by atomic mass is 35.5. The van der Waals surface area contributed by atoms with Crippen LogP contribution in [0.1, 0.15) is 31.8 Å². The molecule has 0 N–H and O–H groups in total. The number of benzene rings is 1. The molecule has 0 saturated carbocycles. The molecule has 0 saturated heterocycles. The molecule has 1 aromatic heterocycles. The quantitative estimate of drug-likeness (QED) is 0.659. The summed E-state index contributed by atoms with van der Waals surface area (Å²) in [5.74, 6) is 1.25. The van der Waals surface area contributed by atoms with E-state index in [1.807, 2.05) is 17.8 Å². The Hall–Kier alpha value is -0.580. The second kappa shape index (κ2) is 5.66. The summed E-state index contributed by atoms with van der Waals surface area (Å²) in [6.07, 6.45) is 1.04. The van der Waals surface area contributed by atoms with Gasteiger partial charge in [0.25, 0.3) is 0 Å². The van der Waals surface area contributed by atoms with E-state index in [2.05, 4.69) is 0 Å². The lowest BCUT2D eigenvalue weighted by Gasteiger charge is -2.10. The molecule has 1 aromatic carbocycles. The number of hydrogen-bond donors (Lipinski definition) is 0. The van der Waals surface area contributed by atoms with Crippen molar-refractivity contribution in [1.82, 2.24) is 0 Å². The van der Waals surface area contributed by atoms with E-state index in [-0.39, 0.29) is 5.56 Å². The topological polar surface area (TPSA) is 0 Å². The molecule has 0 amide bonds. The fourth-order valence-corrected chi connectivity index (χ4v) is 5.04. The van der Waals surface area contributed by atoms with E-state index in [0.29, 0.717) is 5.56 Å². The molecule has 0 bridgehead atoms. The van der Waals surface area contributed by atoms with Gasteiger partial charge in [0.1, 0.15) is 11.6 Å². The van der Waals surface area contributed by atoms with Gasteiger partial charge in [-0.3, -0.25) is 0 Å². The van der Waals surface area contributed by atoms with E-state index in [0.717, 1.165) is 22.8 Å². The molecular weight excluding hydrogens is 318 g/mol. The third-order valence-corrected chi connectivity index (χ3v) is 6.36. The summed E-state index contributed by atoms with van der Waals surface area (Å²) >= 11 is 9.90. The molecule has 3 rings (SSSR count). The first-order valence-electron chi connectivity index (χ1n) is 6.35. The van der Waals surface area contributed by atoms with Crippen molar-refractivity contribution >= 4 is 34.7 Å². The zero-order valence-corrected chi connectivity index (χ0v) is 13.3. The molecule has 1 aliphatic rings. The summed E-state index contributed by atoms with van der Waals surface area (Å²) < 4.78 is 27.6. The van der Waals surface area contributed by atoms with Crippen molar-refractivity contribution in [2.45, 2.75) is 24.5 Å². The molecule has 1 atom stereocenters. The fraction of sp³-hybridized carbons (Fsp3) is 0.333. The first kappa shape index (κ1) is 14.4. The van der Waals surface area contributed by atoms with E-state index in [4.69, 9.17) is 11.6 Å². The van der Waals surface area contributed by atoms with Crippen molar-refractivity contribution in [1.29, 1.82) is 0 Å². The minimum atomic E-state index is -0.620. The van der Waals surface area contributed by atoms with Gasteiger partial charge in [0.15, 0.2) is 0 Å². The summed E-state index contributed by atoms with van der Waals surface area (Å²) in [4.78, 5) is 2.23. The van der Waals surface area contributed by atoms with Gasteiger partial charge in [-0.2, -0.15) is 11.8 Å². The van der Waals surface area contributed by atoms with Crippen LogP contribution < -0.4 is 0 Å². The maximum absolute atomic E-state index is 14.0. The Morgan fingerprint density at radius 1 is 1.20 bits per heavy atom. The Balaban J connectivity index is 1.98. The highest BCUT2D eigenvalue weighted by Crippen LogP contribution is 2.40. The molecule has 0 nitrogen and oxygen atoms in total. The Kier molecular flexibility index (Phi) is 4.07. The van der Waals surface area contributed by atoms with Gasteiger partial charge in [0.05, 0.1) is 5.38 Å². The molecule has 20 heavy (non-hydrogen) atoms. The summed E-state index contributed by atoms with van der Waals surface area (Å²) in [5.41, 5.74) is 1.82. The molecule has 1 unspecified atom stereocenters. The minimum Gasteiger partial charge on any atom is -0.207 e. The minimum absolute atomic E-state index is 0.223. The number of thiophene rings is 1. The van der Waals surface area contributed by atoms with Crippen molar-refractivity contribution in [2.75, 3.05) is 5.75 Å². The van der Waals surface area contributed by atoms with Crippen molar-refractivity contribution in [3.63, 3.8) is 0 Å². The number of thioether (sulfide) groups is 1. The smallest absolute Gasteiger partial charge is 0.128 e. The monoisotopic (exact) mass is 330 g/mol. The molecule has 5 heteroatoms. The highest BCUT2D eigenvalue weighted by Gasteiger charge is 2.22. The van der Waals surface area contributed by atoms with Crippen LogP contribution in [0.25, 0.3) is 0 Å². The van der Waals surface area contributed by atoms with Crippen LogP contribution in [0.2, 0.25) is 0 Å². The maximum atomic E-state index is 14.0. The number of hydrogen-bond acceptors (Lipinski definition) is 2. The standard InChI is InChI=1S/C15H13ClF2S2/c1-8-4-12(18)10(6-11(8)17)15(16)14-5-9-7-19-3-2-13(9)20-14/h4-6,15H,2-3,7H2,1H3. The lowest BCUT2D eigenvalue weighted by atomic mass is 10.1. The first-order chi connectivity index (χ1) is 9.56. The van der Waals surface area contributed by atoms with Gasteiger partial charge in [-0.05, 0) is 48.4 Å². The van der Waals surface area contributed by atoms with E-state index < -0.39 is 17.0 Å². The Bertz CT molecular complexity index is 628. The highest BCUT2D eigenvalue weighted by molar-refractivity contribution is 7.98. The summed E-state index contributed by atoms with van der Waals surface area (Å²) in [6.45, 7) is 1.55. The van der Waals surface area contributed by atoms with Gasteiger partial charge in [0, 0.05) is 21.1 Å². The Labute approximate surface area is 130 Å². The van der Waals surface area contributed by atoms with E-state index in [9.17, 15) is 8.78 Å². The second-order valence-electron chi connectivity index (χ2n) is 4.89. The van der Waals surface area contributed by atoms with Crippen LogP contribution in [0.15, 0.2) is 18.2 Å². The summed E-state index contributed by atoms with van der Waals surface area (Å²) in [6, 6.07) is 4.47. The zero-order chi connectivity index (χ0) is 14.3. The second-order valence-corrected chi connectivity index (χ2v) is 7.60. The van der Waals surface area contributed by atoms with Gasteiger partial charge in [-0.1, -0.05) is 0 Å². The molecule has 0 fully saturated rings. The molecule has 2 heterocycles. The van der Waals surface area contributed by atoms with Gasteiger partial charge in [-0.15, -0.1) is 22.9 Å². The Morgan fingerprint density at radius 2 is 2.00 bits per heavy atom. The number of rotatable bonds is 2. The molecule has 0 aliphatic carbocycles. The first-order valence-corrected chi connectivity index (χ1v) is 8.76. The van der Waals surface area contributed by atoms with Crippen LogP contribution in [0.4, 0.5) is 8.78 Å². The molecule has 1 aliphatic heterocycles. The predicted octanol–water partition coefficient (Wildman–Crippen LogP) is 5.45. The van der Waals surface area contributed by atoms with Crippen LogP contribution in [0, 0.1) is 18.6 Å². The van der Waals surface area contributed by atoms with E-state index >= 15 is 0 Å². The molecule has 2 aromatic rings. The van der Waals surface area contributed by atoms with Crippen LogP contribution in [-0.2, 0) is 12.2 Å². The van der Waals surface area contributed by atoms with Crippen LogP contribution >= 0.6 is 34.7 Å². The lowest BCUT2D eigenvalue weighted by molar-refractivity contribution is 0.581. The summed E-state index contributed by atoms with van der Waals surface area (Å²) in [5, 5.41) is -0.620. The van der Waals surface area contributed by atoms with Crippen molar-refractivity contribution in [3.8, 4) is 0 Å². The summed E-state index contributed by atoms with van der Waals surface area (Å²) in [7, 11) is 0. The van der Waals surface area contributed by atoms with E-state index in [1.54, 1.807) is 18.3 Å². The normalized spacial score (nSPS) is 16.0. The van der Waals surface area contributed by atoms with Crippen molar-refractivity contribution < 1.29 is 8.78 Å². The van der Waals surface area contributed by atoms with Crippen LogP contribution in [0.3, 0.4) is 0 Å². The van der Waals surface area contributed by atoms with Crippen LogP contribution in [0.5, 0.6) is 0 Å². The van der Waals surface area contributed by atoms with Gasteiger partial charge in [-0.25, -0.2) is 8.78 Å². The maximum Gasteiger partial charge on any atom is 0.128 e. The third-order valence-electron chi connectivity index (χ3n) is 3.45. The van der Waals surface area contributed by atoms with Crippen molar-refractivity contribution in [2.24, 2.45) is 0 Å². The lowest BCUT2D eigenvalue weighted by Crippen LogP contribution is -1.98. The number of aryl methyl sites for hydroxylation is 2. The number of halogens is 3. The number of fused-ring (bicyclic) bond motifs is 1. The molecule has 106 valence electrons. The average molecular weight is 331 g/mol. The Morgan fingerprint density at radius 3 is 2.75 bits per heavy atom. The fourth-order valence-electron chi connectivity index (χ4n) is 2.30. The largest absolute Gasteiger partial charge is 0.207 e. The van der Waals surface area contributed by atoms with Gasteiger partial charge >= 0.3 is 0 Å². The molecule has 0 spiro atoms. The molecule has 0 radical (unpaired) electrons. The zero-order valence-electron chi connectivity index (χ0n) is 10.9. The van der Waals surface area contributed by atoms with Crippen LogP contribution in [-0.4, -0.2) is 5.75 Å². The van der Waals surface area contributed by atoms with E-state index in [1.165, 1.54) is 22.6 Å². The van der Waals surface area contributed by atoms with Gasteiger partial charge in [0.2, 0.25) is 0 Å². The SMILES string of the molecule is Cc1cc(F)c(C(Cl)c2cc3c(s2)CCSC3)cc1F. The van der Waals surface area contributed by atoms with Gasteiger partial charge < -0.3 is 0 Å². The van der Waals surface area contributed by atoms with Crippen molar-refractivity contribution in [3.05, 3.63) is 56.3 Å². The predicted molar refractivity (Wildman–Crippen MR) is 83.0 cm³/mol. The molecular formula is C15H13ClF2S2. The third kappa shape index (κ3) is 2.61. The average Bonchev–Trinajstić information content (AvgIpc) is 2.86.